The van der Waals surface area contributed by atoms with Gasteiger partial charge in [0.15, 0.2) is 0 Å². The van der Waals surface area contributed by atoms with E-state index in [1.165, 1.54) is 4.90 Å². The molecule has 1 amide bonds. The normalized spacial score (nSPS) is 17.2. The van der Waals surface area contributed by atoms with Crippen LogP contribution in [0.3, 0.4) is 0 Å². The third-order valence-electron chi connectivity index (χ3n) is 6.08. The van der Waals surface area contributed by atoms with E-state index in [4.69, 9.17) is 27.9 Å². The van der Waals surface area contributed by atoms with Crippen molar-refractivity contribution in [3.05, 3.63) is 98.8 Å². The van der Waals surface area contributed by atoms with Crippen LogP contribution >= 0.6 is 23.2 Å². The molecule has 1 fully saturated rings. The number of hydrogen-bond acceptors (Lipinski definition) is 5. The summed E-state index contributed by atoms with van der Waals surface area (Å²) in [5.41, 5.74) is 2.60. The molecule has 3 aromatic rings. The number of Topliss-reactive ketones (excluding diaryl/α,β-unsaturated/α-hetero) is 1. The molecule has 36 heavy (non-hydrogen) atoms. The Morgan fingerprint density at radius 3 is 2.53 bits per heavy atom. The number of aliphatic hydroxyl groups excluding tert-OH is 1. The summed E-state index contributed by atoms with van der Waals surface area (Å²) in [4.78, 5) is 32.1. The summed E-state index contributed by atoms with van der Waals surface area (Å²) in [7, 11) is 0. The summed E-state index contributed by atoms with van der Waals surface area (Å²) >= 11 is 12.4. The molecule has 2 aromatic carbocycles. The molecule has 1 saturated heterocycles. The molecule has 0 aliphatic carbocycles. The van der Waals surface area contributed by atoms with Crippen LogP contribution in [0.25, 0.3) is 5.76 Å². The van der Waals surface area contributed by atoms with Crippen LogP contribution < -0.4 is 4.74 Å². The van der Waals surface area contributed by atoms with E-state index in [2.05, 4.69) is 4.98 Å². The SMILES string of the molecule is CCOc1ccc(/C(O)=C2/C(=O)C(=O)N(Cc3cccnc3)C2c2ccc(Cl)c(Cl)c2)cc1C(C)C. The maximum absolute atomic E-state index is 13.3. The first-order chi connectivity index (χ1) is 17.2. The quantitative estimate of drug-likeness (QED) is 0.216. The molecule has 0 saturated carbocycles. The molecule has 1 atom stereocenters. The molecule has 0 spiro atoms. The highest BCUT2D eigenvalue weighted by Crippen LogP contribution is 2.42. The van der Waals surface area contributed by atoms with Crippen molar-refractivity contribution in [1.29, 1.82) is 0 Å². The predicted octanol–water partition coefficient (Wildman–Crippen LogP) is 6.53. The summed E-state index contributed by atoms with van der Waals surface area (Å²) in [6.45, 7) is 6.57. The lowest BCUT2D eigenvalue weighted by Gasteiger charge is -2.25. The van der Waals surface area contributed by atoms with Gasteiger partial charge in [-0.15, -0.1) is 0 Å². The maximum atomic E-state index is 13.3. The minimum absolute atomic E-state index is 0.0128. The second kappa shape index (κ2) is 10.7. The van der Waals surface area contributed by atoms with Gasteiger partial charge in [0.2, 0.25) is 0 Å². The molecule has 1 aliphatic heterocycles. The molecular formula is C28H26Cl2N2O4. The van der Waals surface area contributed by atoms with E-state index in [0.29, 0.717) is 28.5 Å². The highest BCUT2D eigenvalue weighted by molar-refractivity contribution is 6.46. The van der Waals surface area contributed by atoms with Crippen molar-refractivity contribution in [2.45, 2.75) is 39.3 Å². The van der Waals surface area contributed by atoms with Crippen LogP contribution in [0.5, 0.6) is 5.75 Å². The van der Waals surface area contributed by atoms with Crippen molar-refractivity contribution in [1.82, 2.24) is 9.88 Å². The monoisotopic (exact) mass is 524 g/mol. The van der Waals surface area contributed by atoms with Crippen molar-refractivity contribution in [2.75, 3.05) is 6.61 Å². The number of likely N-dealkylation sites (tertiary alicyclic amines) is 1. The Morgan fingerprint density at radius 2 is 1.89 bits per heavy atom. The van der Waals surface area contributed by atoms with E-state index in [1.807, 2.05) is 26.8 Å². The lowest BCUT2D eigenvalue weighted by Crippen LogP contribution is -2.29. The zero-order valence-electron chi connectivity index (χ0n) is 20.2. The summed E-state index contributed by atoms with van der Waals surface area (Å²) in [6, 6.07) is 12.9. The van der Waals surface area contributed by atoms with Gasteiger partial charge >= 0.3 is 0 Å². The second-order valence-corrected chi connectivity index (χ2v) is 9.62. The average Bonchev–Trinajstić information content (AvgIpc) is 3.11. The number of halogens is 2. The molecule has 1 unspecified atom stereocenters. The summed E-state index contributed by atoms with van der Waals surface area (Å²) in [6.07, 6.45) is 3.26. The molecule has 0 bridgehead atoms. The highest BCUT2D eigenvalue weighted by atomic mass is 35.5. The Balaban J connectivity index is 1.89. The van der Waals surface area contributed by atoms with Gasteiger partial charge in [-0.1, -0.05) is 49.2 Å². The predicted molar refractivity (Wildman–Crippen MR) is 140 cm³/mol. The van der Waals surface area contributed by atoms with Crippen molar-refractivity contribution < 1.29 is 19.4 Å². The van der Waals surface area contributed by atoms with E-state index in [1.54, 1.807) is 54.9 Å². The van der Waals surface area contributed by atoms with Gasteiger partial charge in [-0.3, -0.25) is 14.6 Å². The fraction of sp³-hybridized carbons (Fsp3) is 0.250. The van der Waals surface area contributed by atoms with Crippen molar-refractivity contribution in [2.24, 2.45) is 0 Å². The van der Waals surface area contributed by atoms with Crippen LogP contribution in [0, 0.1) is 0 Å². The first kappa shape index (κ1) is 25.7. The third-order valence-corrected chi connectivity index (χ3v) is 6.82. The Morgan fingerprint density at radius 1 is 1.11 bits per heavy atom. The van der Waals surface area contributed by atoms with Gasteiger partial charge in [-0.05, 0) is 65.9 Å². The van der Waals surface area contributed by atoms with Crippen molar-refractivity contribution in [3.63, 3.8) is 0 Å². The van der Waals surface area contributed by atoms with Gasteiger partial charge in [0.05, 0.1) is 28.3 Å². The molecule has 2 heterocycles. The number of aliphatic hydroxyl groups is 1. The van der Waals surface area contributed by atoms with E-state index < -0.39 is 17.7 Å². The fourth-order valence-electron chi connectivity index (χ4n) is 4.35. The Labute approximate surface area is 220 Å². The summed E-state index contributed by atoms with van der Waals surface area (Å²) in [5, 5.41) is 12.1. The number of ether oxygens (including phenoxy) is 1. The highest BCUT2D eigenvalue weighted by Gasteiger charge is 2.46. The number of rotatable bonds is 7. The van der Waals surface area contributed by atoms with Crippen LogP contribution in [0.4, 0.5) is 0 Å². The number of ketones is 1. The van der Waals surface area contributed by atoms with Crippen LogP contribution in [0.1, 0.15) is 55.0 Å². The molecule has 4 rings (SSSR count). The summed E-state index contributed by atoms with van der Waals surface area (Å²) < 4.78 is 5.73. The first-order valence-electron chi connectivity index (χ1n) is 11.6. The average molecular weight is 525 g/mol. The van der Waals surface area contributed by atoms with E-state index in [9.17, 15) is 14.7 Å². The minimum atomic E-state index is -0.867. The second-order valence-electron chi connectivity index (χ2n) is 8.80. The number of aromatic nitrogens is 1. The van der Waals surface area contributed by atoms with Crippen LogP contribution in [-0.2, 0) is 16.1 Å². The molecule has 1 N–H and O–H groups in total. The number of carbonyl (C=O) groups excluding carboxylic acids is 2. The number of amides is 1. The molecule has 1 aliphatic rings. The fourth-order valence-corrected chi connectivity index (χ4v) is 4.66. The van der Waals surface area contributed by atoms with Gasteiger partial charge in [-0.25, -0.2) is 0 Å². The first-order valence-corrected chi connectivity index (χ1v) is 12.4. The van der Waals surface area contributed by atoms with Gasteiger partial charge in [0, 0.05) is 24.5 Å². The van der Waals surface area contributed by atoms with Crippen LogP contribution in [0.2, 0.25) is 10.0 Å². The van der Waals surface area contributed by atoms with E-state index in [0.717, 1.165) is 11.1 Å². The molecule has 186 valence electrons. The van der Waals surface area contributed by atoms with Gasteiger partial charge in [0.25, 0.3) is 11.7 Å². The standard InChI is InChI=1S/C28H26Cl2N2O4/c1-4-36-23-10-8-19(12-20(23)16(2)3)26(33)24-25(18-7-9-21(29)22(30)13-18)32(28(35)27(24)34)15-17-6-5-11-31-14-17/h5-14,16,25,33H,4,15H2,1-3H3/b26-24-. The van der Waals surface area contributed by atoms with Crippen molar-refractivity contribution in [3.8, 4) is 5.75 Å². The Kier molecular flexibility index (Phi) is 7.67. The largest absolute Gasteiger partial charge is 0.507 e. The van der Waals surface area contributed by atoms with E-state index in [-0.39, 0.29) is 28.8 Å². The number of benzene rings is 2. The topological polar surface area (TPSA) is 79.7 Å². The maximum Gasteiger partial charge on any atom is 0.295 e. The number of hydrogen-bond donors (Lipinski definition) is 1. The molecule has 8 heteroatoms. The number of nitrogens with zero attached hydrogens (tertiary/aromatic N) is 2. The van der Waals surface area contributed by atoms with Crippen LogP contribution in [-0.4, -0.2) is 33.3 Å². The third kappa shape index (κ3) is 4.97. The van der Waals surface area contributed by atoms with Gasteiger partial charge < -0.3 is 14.7 Å². The Hall–Kier alpha value is -3.35. The smallest absolute Gasteiger partial charge is 0.295 e. The molecule has 6 nitrogen and oxygen atoms in total. The summed E-state index contributed by atoms with van der Waals surface area (Å²) in [5.74, 6) is -0.928. The number of carbonyl (C=O) groups is 2. The molecular weight excluding hydrogens is 499 g/mol. The van der Waals surface area contributed by atoms with Gasteiger partial charge in [-0.2, -0.15) is 0 Å². The lowest BCUT2D eigenvalue weighted by molar-refractivity contribution is -0.140. The molecule has 1 aromatic heterocycles. The number of pyridine rings is 1. The van der Waals surface area contributed by atoms with Gasteiger partial charge in [0.1, 0.15) is 11.5 Å². The zero-order chi connectivity index (χ0) is 26.0. The minimum Gasteiger partial charge on any atom is -0.507 e. The zero-order valence-corrected chi connectivity index (χ0v) is 21.7. The van der Waals surface area contributed by atoms with Crippen LogP contribution in [0.15, 0.2) is 66.5 Å². The lowest BCUT2D eigenvalue weighted by atomic mass is 9.93. The van der Waals surface area contributed by atoms with Crippen molar-refractivity contribution >= 4 is 40.7 Å². The molecule has 0 radical (unpaired) electrons. The Bertz CT molecular complexity index is 1340. The van der Waals surface area contributed by atoms with E-state index >= 15 is 0 Å².